The Hall–Kier alpha value is -3.09. The number of aryl methyl sites for hydroxylation is 1. The number of halogens is 1. The lowest BCUT2D eigenvalue weighted by atomic mass is 10.1. The smallest absolute Gasteiger partial charge is 0.227 e. The van der Waals surface area contributed by atoms with Gasteiger partial charge in [-0.2, -0.15) is 4.98 Å². The Kier molecular flexibility index (Phi) is 4.91. The fraction of sp³-hybridized carbons (Fsp3) is 0.300. The average Bonchev–Trinajstić information content (AvgIpc) is 3.43. The van der Waals surface area contributed by atoms with Crippen LogP contribution in [-0.4, -0.2) is 32.0 Å². The van der Waals surface area contributed by atoms with Crippen LogP contribution in [0.4, 0.5) is 4.39 Å². The summed E-state index contributed by atoms with van der Waals surface area (Å²) in [5.74, 6) is 0.585. The summed E-state index contributed by atoms with van der Waals surface area (Å²) in [7, 11) is 0. The van der Waals surface area contributed by atoms with Gasteiger partial charge in [-0.05, 0) is 31.0 Å². The molecule has 138 valence electrons. The zero-order valence-corrected chi connectivity index (χ0v) is 14.7. The van der Waals surface area contributed by atoms with E-state index in [-0.39, 0.29) is 24.2 Å². The number of aromatic nitrogens is 3. The highest BCUT2D eigenvalue weighted by Gasteiger charge is 2.32. The first-order chi connectivity index (χ1) is 13.2. The fourth-order valence-corrected chi connectivity index (χ4v) is 2.95. The topological polar surface area (TPSA) is 72.1 Å². The van der Waals surface area contributed by atoms with Gasteiger partial charge >= 0.3 is 0 Å². The number of rotatable bonds is 7. The van der Waals surface area contributed by atoms with Crippen molar-refractivity contribution in [1.82, 2.24) is 20.0 Å². The lowest BCUT2D eigenvalue weighted by molar-refractivity contribution is -0.132. The molecule has 1 aromatic carbocycles. The van der Waals surface area contributed by atoms with Crippen molar-refractivity contribution in [2.75, 3.05) is 0 Å². The molecule has 1 aliphatic rings. The maximum Gasteiger partial charge on any atom is 0.227 e. The first-order valence-corrected chi connectivity index (χ1v) is 8.96. The Bertz CT molecular complexity index is 924. The van der Waals surface area contributed by atoms with Gasteiger partial charge in [0.2, 0.25) is 17.6 Å². The maximum absolute atomic E-state index is 13.9. The number of carbonyl (C=O) groups is 1. The molecule has 7 heteroatoms. The quantitative estimate of drug-likeness (QED) is 0.641. The lowest BCUT2D eigenvalue weighted by Crippen LogP contribution is -2.33. The summed E-state index contributed by atoms with van der Waals surface area (Å²) >= 11 is 0. The number of hydrogen-bond acceptors (Lipinski definition) is 5. The Labute approximate surface area is 156 Å². The summed E-state index contributed by atoms with van der Waals surface area (Å²) in [6.45, 7) is 0.294. The minimum atomic E-state index is -0.283. The maximum atomic E-state index is 13.9. The zero-order chi connectivity index (χ0) is 18.6. The molecule has 0 bridgehead atoms. The van der Waals surface area contributed by atoms with E-state index in [9.17, 15) is 9.18 Å². The largest absolute Gasteiger partial charge is 0.339 e. The van der Waals surface area contributed by atoms with Gasteiger partial charge in [-0.15, -0.1) is 0 Å². The molecular formula is C20H19FN4O2. The monoisotopic (exact) mass is 366 g/mol. The highest BCUT2D eigenvalue weighted by Crippen LogP contribution is 2.29. The summed E-state index contributed by atoms with van der Waals surface area (Å²) in [4.78, 5) is 22.7. The fourth-order valence-electron chi connectivity index (χ4n) is 2.95. The molecule has 1 aliphatic carbocycles. The molecule has 27 heavy (non-hydrogen) atoms. The van der Waals surface area contributed by atoms with Gasteiger partial charge in [0.25, 0.3) is 0 Å². The third-order valence-corrected chi connectivity index (χ3v) is 4.57. The van der Waals surface area contributed by atoms with Crippen LogP contribution in [0.15, 0.2) is 53.3 Å². The number of carbonyl (C=O) groups excluding carboxylic acids is 1. The van der Waals surface area contributed by atoms with E-state index in [2.05, 4.69) is 15.1 Å². The van der Waals surface area contributed by atoms with E-state index < -0.39 is 0 Å². The van der Waals surface area contributed by atoms with E-state index in [1.54, 1.807) is 47.6 Å². The van der Waals surface area contributed by atoms with Crippen molar-refractivity contribution in [3.63, 3.8) is 0 Å². The molecular weight excluding hydrogens is 347 g/mol. The molecule has 6 nitrogen and oxygen atoms in total. The summed E-state index contributed by atoms with van der Waals surface area (Å²) in [6.07, 6.45) is 5.86. The third kappa shape index (κ3) is 4.19. The third-order valence-electron chi connectivity index (χ3n) is 4.57. The number of pyridine rings is 1. The number of nitrogens with zero attached hydrogens (tertiary/aromatic N) is 4. The number of amides is 1. The molecule has 1 amide bonds. The Balaban J connectivity index is 1.39. The first-order valence-electron chi connectivity index (χ1n) is 8.96. The van der Waals surface area contributed by atoms with Crippen LogP contribution in [0.3, 0.4) is 0 Å². The number of benzene rings is 1. The molecule has 4 rings (SSSR count). The molecule has 0 spiro atoms. The summed E-state index contributed by atoms with van der Waals surface area (Å²) in [5, 5.41) is 3.95. The van der Waals surface area contributed by atoms with Gasteiger partial charge in [0, 0.05) is 48.9 Å². The van der Waals surface area contributed by atoms with Gasteiger partial charge in [0.1, 0.15) is 5.82 Å². The minimum absolute atomic E-state index is 0.0237. The molecule has 2 aromatic heterocycles. The van der Waals surface area contributed by atoms with E-state index >= 15 is 0 Å². The van der Waals surface area contributed by atoms with Crippen molar-refractivity contribution in [2.24, 2.45) is 0 Å². The predicted octanol–water partition coefficient (Wildman–Crippen LogP) is 3.39. The molecule has 2 heterocycles. The SMILES string of the molecule is O=C(CCc1nc(-c2ccncc2)no1)N(Cc1ccccc1F)C1CC1. The van der Waals surface area contributed by atoms with E-state index in [1.165, 1.54) is 6.07 Å². The van der Waals surface area contributed by atoms with Gasteiger partial charge in [-0.25, -0.2) is 4.39 Å². The average molecular weight is 366 g/mol. The van der Waals surface area contributed by atoms with Crippen LogP contribution in [0, 0.1) is 5.82 Å². The summed E-state index contributed by atoms with van der Waals surface area (Å²) < 4.78 is 19.2. The molecule has 0 atom stereocenters. The molecule has 0 aliphatic heterocycles. The van der Waals surface area contributed by atoms with Gasteiger partial charge in [-0.3, -0.25) is 9.78 Å². The van der Waals surface area contributed by atoms with Crippen LogP contribution in [0.25, 0.3) is 11.4 Å². The summed E-state index contributed by atoms with van der Waals surface area (Å²) in [5.41, 5.74) is 1.35. The van der Waals surface area contributed by atoms with Crippen molar-refractivity contribution in [3.8, 4) is 11.4 Å². The van der Waals surface area contributed by atoms with Crippen LogP contribution in [0.1, 0.15) is 30.7 Å². The molecule has 0 saturated heterocycles. The molecule has 1 saturated carbocycles. The van der Waals surface area contributed by atoms with Crippen molar-refractivity contribution in [2.45, 2.75) is 38.3 Å². The molecule has 0 radical (unpaired) electrons. The lowest BCUT2D eigenvalue weighted by Gasteiger charge is -2.22. The van der Waals surface area contributed by atoms with Crippen LogP contribution in [-0.2, 0) is 17.8 Å². The van der Waals surface area contributed by atoms with Crippen molar-refractivity contribution < 1.29 is 13.7 Å². The standard InChI is InChI=1S/C20H19FN4O2/c21-17-4-2-1-3-15(17)13-25(16-5-6-16)19(26)8-7-18-23-20(24-27-18)14-9-11-22-12-10-14/h1-4,9-12,16H,5-8,13H2. The van der Waals surface area contributed by atoms with Crippen LogP contribution < -0.4 is 0 Å². The second-order valence-corrected chi connectivity index (χ2v) is 6.59. The van der Waals surface area contributed by atoms with Crippen molar-refractivity contribution in [1.29, 1.82) is 0 Å². The van der Waals surface area contributed by atoms with Crippen molar-refractivity contribution >= 4 is 5.91 Å². The first kappa shape index (κ1) is 17.3. The Morgan fingerprint density at radius 3 is 2.70 bits per heavy atom. The van der Waals surface area contributed by atoms with Crippen LogP contribution >= 0.6 is 0 Å². The van der Waals surface area contributed by atoms with Gasteiger partial charge in [0.05, 0.1) is 0 Å². The predicted molar refractivity (Wildman–Crippen MR) is 95.8 cm³/mol. The molecule has 1 fully saturated rings. The van der Waals surface area contributed by atoms with Gasteiger partial charge < -0.3 is 9.42 Å². The number of hydrogen-bond donors (Lipinski definition) is 0. The van der Waals surface area contributed by atoms with Crippen molar-refractivity contribution in [3.05, 3.63) is 66.1 Å². The van der Waals surface area contributed by atoms with Gasteiger partial charge in [-0.1, -0.05) is 23.4 Å². The van der Waals surface area contributed by atoms with Crippen LogP contribution in [0.5, 0.6) is 0 Å². The molecule has 3 aromatic rings. The minimum Gasteiger partial charge on any atom is -0.339 e. The Morgan fingerprint density at radius 2 is 1.96 bits per heavy atom. The van der Waals surface area contributed by atoms with E-state index in [0.29, 0.717) is 30.2 Å². The molecule has 0 N–H and O–H groups in total. The Morgan fingerprint density at radius 1 is 1.19 bits per heavy atom. The van der Waals surface area contributed by atoms with E-state index in [1.807, 2.05) is 0 Å². The highest BCUT2D eigenvalue weighted by molar-refractivity contribution is 5.77. The summed E-state index contributed by atoms with van der Waals surface area (Å²) in [6, 6.07) is 10.4. The van der Waals surface area contributed by atoms with E-state index in [0.717, 1.165) is 18.4 Å². The highest BCUT2D eigenvalue weighted by atomic mass is 19.1. The normalized spacial score (nSPS) is 13.5. The molecule has 0 unspecified atom stereocenters. The van der Waals surface area contributed by atoms with Gasteiger partial charge in [0.15, 0.2) is 0 Å². The second-order valence-electron chi connectivity index (χ2n) is 6.59. The zero-order valence-electron chi connectivity index (χ0n) is 14.7. The van der Waals surface area contributed by atoms with E-state index in [4.69, 9.17) is 4.52 Å². The van der Waals surface area contributed by atoms with Crippen LogP contribution in [0.2, 0.25) is 0 Å². The second kappa shape index (κ2) is 7.65.